The van der Waals surface area contributed by atoms with Crippen molar-refractivity contribution in [2.45, 2.75) is 26.5 Å². The van der Waals surface area contributed by atoms with E-state index in [4.69, 9.17) is 4.74 Å². The van der Waals surface area contributed by atoms with E-state index < -0.39 is 0 Å². The molecule has 0 saturated heterocycles. The van der Waals surface area contributed by atoms with Gasteiger partial charge < -0.3 is 15.0 Å². The first-order valence-corrected chi connectivity index (χ1v) is 6.74. The van der Waals surface area contributed by atoms with Gasteiger partial charge in [-0.15, -0.1) is 0 Å². The Labute approximate surface area is 111 Å². The lowest BCUT2D eigenvalue weighted by molar-refractivity contribution is 0.105. The van der Waals surface area contributed by atoms with Crippen LogP contribution in [-0.4, -0.2) is 38.7 Å². The molecule has 1 aromatic carbocycles. The molecule has 0 radical (unpaired) electrons. The standard InChI is InChI=1S/C15H26N2O/c1-4-9-16-12-14-7-5-6-8-15(14)13-18-11-10-17(2)3/h5-8,16H,4,9-13H2,1-3H3. The van der Waals surface area contributed by atoms with Crippen LogP contribution < -0.4 is 5.32 Å². The van der Waals surface area contributed by atoms with Crippen LogP contribution in [0.15, 0.2) is 24.3 Å². The molecular weight excluding hydrogens is 224 g/mol. The third-order valence-corrected chi connectivity index (χ3v) is 2.80. The second kappa shape index (κ2) is 9.09. The van der Waals surface area contributed by atoms with Crippen molar-refractivity contribution in [2.75, 3.05) is 33.8 Å². The molecule has 0 saturated carbocycles. The molecule has 0 bridgehead atoms. The zero-order chi connectivity index (χ0) is 13.2. The summed E-state index contributed by atoms with van der Waals surface area (Å²) >= 11 is 0. The van der Waals surface area contributed by atoms with Crippen molar-refractivity contribution in [3.8, 4) is 0 Å². The second-order valence-electron chi connectivity index (χ2n) is 4.80. The summed E-state index contributed by atoms with van der Waals surface area (Å²) < 4.78 is 5.71. The van der Waals surface area contributed by atoms with Gasteiger partial charge in [0.15, 0.2) is 0 Å². The number of likely N-dealkylation sites (N-methyl/N-ethyl adjacent to an activating group) is 1. The number of benzene rings is 1. The summed E-state index contributed by atoms with van der Waals surface area (Å²) in [4.78, 5) is 2.13. The summed E-state index contributed by atoms with van der Waals surface area (Å²) in [6, 6.07) is 8.49. The summed E-state index contributed by atoms with van der Waals surface area (Å²) in [6.07, 6.45) is 1.17. The van der Waals surface area contributed by atoms with E-state index in [1.807, 2.05) is 0 Å². The molecule has 0 atom stereocenters. The van der Waals surface area contributed by atoms with Gasteiger partial charge >= 0.3 is 0 Å². The van der Waals surface area contributed by atoms with Crippen LogP contribution in [0.5, 0.6) is 0 Å². The lowest BCUT2D eigenvalue weighted by Gasteiger charge is -2.12. The van der Waals surface area contributed by atoms with Gasteiger partial charge in [0, 0.05) is 13.1 Å². The minimum absolute atomic E-state index is 0.706. The van der Waals surface area contributed by atoms with Crippen LogP contribution in [0.4, 0.5) is 0 Å². The van der Waals surface area contributed by atoms with Crippen molar-refractivity contribution in [1.29, 1.82) is 0 Å². The largest absolute Gasteiger partial charge is 0.375 e. The average Bonchev–Trinajstić information content (AvgIpc) is 2.36. The van der Waals surface area contributed by atoms with Gasteiger partial charge in [0.1, 0.15) is 0 Å². The van der Waals surface area contributed by atoms with Crippen molar-refractivity contribution < 1.29 is 4.74 Å². The molecule has 0 aliphatic heterocycles. The van der Waals surface area contributed by atoms with Crippen molar-refractivity contribution >= 4 is 0 Å². The zero-order valence-corrected chi connectivity index (χ0v) is 11.9. The maximum absolute atomic E-state index is 5.71. The molecule has 1 aromatic rings. The highest BCUT2D eigenvalue weighted by Crippen LogP contribution is 2.10. The van der Waals surface area contributed by atoms with E-state index >= 15 is 0 Å². The number of nitrogens with one attached hydrogen (secondary N) is 1. The van der Waals surface area contributed by atoms with E-state index in [1.54, 1.807) is 0 Å². The average molecular weight is 250 g/mol. The molecule has 1 N–H and O–H groups in total. The minimum Gasteiger partial charge on any atom is -0.375 e. The number of rotatable bonds is 9. The normalized spacial score (nSPS) is 11.1. The van der Waals surface area contributed by atoms with Gasteiger partial charge in [-0.25, -0.2) is 0 Å². The summed E-state index contributed by atoms with van der Waals surface area (Å²) in [6.45, 7) is 6.64. The van der Waals surface area contributed by atoms with E-state index in [0.717, 1.165) is 26.2 Å². The van der Waals surface area contributed by atoms with Gasteiger partial charge in [0.05, 0.1) is 13.2 Å². The first-order chi connectivity index (χ1) is 8.74. The molecule has 0 spiro atoms. The third-order valence-electron chi connectivity index (χ3n) is 2.80. The van der Waals surface area contributed by atoms with E-state index in [0.29, 0.717) is 6.61 Å². The molecule has 0 fully saturated rings. The first kappa shape index (κ1) is 15.2. The maximum atomic E-state index is 5.71. The molecule has 0 unspecified atom stereocenters. The number of ether oxygens (including phenoxy) is 1. The van der Waals surface area contributed by atoms with Crippen LogP contribution >= 0.6 is 0 Å². The molecule has 102 valence electrons. The Morgan fingerprint density at radius 1 is 1.17 bits per heavy atom. The lowest BCUT2D eigenvalue weighted by Crippen LogP contribution is -2.18. The number of nitrogens with zero attached hydrogens (tertiary/aromatic N) is 1. The highest BCUT2D eigenvalue weighted by Gasteiger charge is 2.01. The van der Waals surface area contributed by atoms with Crippen LogP contribution in [-0.2, 0) is 17.9 Å². The summed E-state index contributed by atoms with van der Waals surface area (Å²) in [7, 11) is 4.12. The zero-order valence-electron chi connectivity index (χ0n) is 11.9. The molecule has 1 rings (SSSR count). The summed E-state index contributed by atoms with van der Waals surface area (Å²) in [5.41, 5.74) is 2.63. The van der Waals surface area contributed by atoms with Gasteiger partial charge in [0.2, 0.25) is 0 Å². The Bertz CT molecular complexity index is 326. The van der Waals surface area contributed by atoms with Crippen molar-refractivity contribution in [1.82, 2.24) is 10.2 Å². The molecule has 0 aliphatic carbocycles. The van der Waals surface area contributed by atoms with Gasteiger partial charge in [0.25, 0.3) is 0 Å². The van der Waals surface area contributed by atoms with E-state index in [-0.39, 0.29) is 0 Å². The molecular formula is C15H26N2O. The number of hydrogen-bond donors (Lipinski definition) is 1. The van der Waals surface area contributed by atoms with Gasteiger partial charge in [-0.3, -0.25) is 0 Å². The van der Waals surface area contributed by atoms with Gasteiger partial charge in [-0.05, 0) is 38.2 Å². The Morgan fingerprint density at radius 2 is 1.89 bits per heavy atom. The first-order valence-electron chi connectivity index (χ1n) is 6.74. The van der Waals surface area contributed by atoms with Crippen molar-refractivity contribution in [3.05, 3.63) is 35.4 Å². The molecule has 0 heterocycles. The molecule has 0 aromatic heterocycles. The van der Waals surface area contributed by atoms with Gasteiger partial charge in [-0.1, -0.05) is 31.2 Å². The Hall–Kier alpha value is -0.900. The van der Waals surface area contributed by atoms with Crippen LogP contribution in [0, 0.1) is 0 Å². The van der Waals surface area contributed by atoms with Crippen molar-refractivity contribution in [2.24, 2.45) is 0 Å². The fraction of sp³-hybridized carbons (Fsp3) is 0.600. The quantitative estimate of drug-likeness (QED) is 0.680. The molecule has 3 heteroatoms. The molecule has 3 nitrogen and oxygen atoms in total. The second-order valence-corrected chi connectivity index (χ2v) is 4.80. The van der Waals surface area contributed by atoms with E-state index in [1.165, 1.54) is 17.5 Å². The summed E-state index contributed by atoms with van der Waals surface area (Å²) in [5.74, 6) is 0. The third kappa shape index (κ3) is 6.15. The predicted octanol–water partition coefficient (Wildman–Crippen LogP) is 2.26. The predicted molar refractivity (Wildman–Crippen MR) is 76.6 cm³/mol. The fourth-order valence-electron chi connectivity index (χ4n) is 1.70. The van der Waals surface area contributed by atoms with Crippen LogP contribution in [0.3, 0.4) is 0 Å². The fourth-order valence-corrected chi connectivity index (χ4v) is 1.70. The highest BCUT2D eigenvalue weighted by molar-refractivity contribution is 5.26. The molecule has 0 amide bonds. The minimum atomic E-state index is 0.706. The monoisotopic (exact) mass is 250 g/mol. The lowest BCUT2D eigenvalue weighted by atomic mass is 10.1. The maximum Gasteiger partial charge on any atom is 0.0720 e. The summed E-state index contributed by atoms with van der Waals surface area (Å²) in [5, 5.41) is 3.44. The highest BCUT2D eigenvalue weighted by atomic mass is 16.5. The van der Waals surface area contributed by atoms with Crippen molar-refractivity contribution in [3.63, 3.8) is 0 Å². The van der Waals surface area contributed by atoms with Crippen LogP contribution in [0.2, 0.25) is 0 Å². The Balaban J connectivity index is 2.38. The Kier molecular flexibility index (Phi) is 7.65. The molecule has 0 aliphatic rings. The van der Waals surface area contributed by atoms with Gasteiger partial charge in [-0.2, -0.15) is 0 Å². The van der Waals surface area contributed by atoms with E-state index in [2.05, 4.69) is 55.5 Å². The van der Waals surface area contributed by atoms with Crippen LogP contribution in [0.25, 0.3) is 0 Å². The smallest absolute Gasteiger partial charge is 0.0720 e. The topological polar surface area (TPSA) is 24.5 Å². The van der Waals surface area contributed by atoms with Crippen LogP contribution in [0.1, 0.15) is 24.5 Å². The van der Waals surface area contributed by atoms with E-state index in [9.17, 15) is 0 Å². The Morgan fingerprint density at radius 3 is 2.56 bits per heavy atom. The molecule has 18 heavy (non-hydrogen) atoms. The number of hydrogen-bond acceptors (Lipinski definition) is 3. The SMILES string of the molecule is CCCNCc1ccccc1COCCN(C)C.